The molecule has 22 heavy (non-hydrogen) atoms. The third-order valence-corrected chi connectivity index (χ3v) is 3.56. The van der Waals surface area contributed by atoms with Gasteiger partial charge in [0.1, 0.15) is 5.41 Å². The lowest BCUT2D eigenvalue weighted by atomic mass is 9.91. The summed E-state index contributed by atoms with van der Waals surface area (Å²) in [6, 6.07) is 6.77. The van der Waals surface area contributed by atoms with Crippen molar-refractivity contribution in [2.75, 3.05) is 32.5 Å². The minimum Gasteiger partial charge on any atom is -0.355 e. The van der Waals surface area contributed by atoms with Crippen LogP contribution in [0.4, 0.5) is 5.69 Å². The Balaban J connectivity index is 2.54. The number of hydrogen-bond donors (Lipinski definition) is 2. The molecule has 1 aromatic rings. The number of hydrogen-bond acceptors (Lipinski definition) is 3. The van der Waals surface area contributed by atoms with Crippen LogP contribution in [0.1, 0.15) is 20.3 Å². The van der Waals surface area contributed by atoms with E-state index in [1.54, 1.807) is 38.1 Å². The van der Waals surface area contributed by atoms with Crippen LogP contribution in [0, 0.1) is 5.41 Å². The molecule has 0 aromatic heterocycles. The fourth-order valence-electron chi connectivity index (χ4n) is 1.74. The normalized spacial score (nSPS) is 11.4. The van der Waals surface area contributed by atoms with Crippen LogP contribution in [0.5, 0.6) is 0 Å². The number of benzene rings is 1. The summed E-state index contributed by atoms with van der Waals surface area (Å²) in [5, 5.41) is 6.13. The quantitative estimate of drug-likeness (QED) is 0.597. The van der Waals surface area contributed by atoms with Crippen LogP contribution in [0.25, 0.3) is 0 Å². The second-order valence-electron chi connectivity index (χ2n) is 6.00. The molecule has 5 nitrogen and oxygen atoms in total. The molecule has 0 atom stereocenters. The largest absolute Gasteiger partial charge is 0.355 e. The molecule has 0 aliphatic carbocycles. The lowest BCUT2D eigenvalue weighted by Crippen LogP contribution is -2.45. The molecule has 0 aliphatic heterocycles. The van der Waals surface area contributed by atoms with Crippen LogP contribution in [0.15, 0.2) is 24.3 Å². The van der Waals surface area contributed by atoms with E-state index in [0.717, 1.165) is 13.0 Å². The molecule has 2 amide bonds. The summed E-state index contributed by atoms with van der Waals surface area (Å²) < 4.78 is 0. The first-order chi connectivity index (χ1) is 10.2. The van der Waals surface area contributed by atoms with Gasteiger partial charge in [0.05, 0.1) is 0 Å². The summed E-state index contributed by atoms with van der Waals surface area (Å²) in [6.07, 6.45) is 0.841. The first-order valence-electron chi connectivity index (χ1n) is 7.23. The van der Waals surface area contributed by atoms with Gasteiger partial charge in [-0.05, 0) is 65.2 Å². The third-order valence-electron chi connectivity index (χ3n) is 3.31. The van der Waals surface area contributed by atoms with E-state index >= 15 is 0 Å². The summed E-state index contributed by atoms with van der Waals surface area (Å²) in [5.41, 5.74) is -0.527. The zero-order valence-electron chi connectivity index (χ0n) is 13.6. The summed E-state index contributed by atoms with van der Waals surface area (Å²) in [5.74, 6) is -0.627. The van der Waals surface area contributed by atoms with Crippen molar-refractivity contribution in [2.45, 2.75) is 20.3 Å². The third kappa shape index (κ3) is 5.66. The Morgan fingerprint density at radius 1 is 1.14 bits per heavy atom. The van der Waals surface area contributed by atoms with E-state index in [1.807, 2.05) is 19.0 Å². The summed E-state index contributed by atoms with van der Waals surface area (Å²) >= 11 is 5.80. The molecule has 0 unspecified atom stereocenters. The molecular weight excluding hydrogens is 302 g/mol. The molecule has 0 radical (unpaired) electrons. The maximum Gasteiger partial charge on any atom is 0.239 e. The van der Waals surface area contributed by atoms with Crippen LogP contribution in [0.2, 0.25) is 5.02 Å². The summed E-state index contributed by atoms with van der Waals surface area (Å²) in [6.45, 7) is 4.66. The predicted molar refractivity (Wildman–Crippen MR) is 90.0 cm³/mol. The second kappa shape index (κ2) is 8.15. The molecule has 1 rings (SSSR count). The van der Waals surface area contributed by atoms with E-state index in [1.165, 1.54) is 0 Å². The highest BCUT2D eigenvalue weighted by molar-refractivity contribution is 6.30. The fraction of sp³-hybridized carbons (Fsp3) is 0.500. The molecule has 0 saturated carbocycles. The molecule has 0 spiro atoms. The molecular formula is C16H24ClN3O2. The number of anilines is 1. The molecule has 1 aromatic carbocycles. The van der Waals surface area contributed by atoms with Crippen LogP contribution >= 0.6 is 11.6 Å². The molecule has 6 heteroatoms. The SMILES string of the molecule is CN(C)CCCNC(=O)C(C)(C)C(=O)Nc1ccc(Cl)cc1. The minimum absolute atomic E-state index is 0.280. The van der Waals surface area contributed by atoms with Crippen molar-refractivity contribution in [1.82, 2.24) is 10.2 Å². The number of carbonyl (C=O) groups is 2. The molecule has 0 bridgehead atoms. The highest BCUT2D eigenvalue weighted by Crippen LogP contribution is 2.20. The van der Waals surface area contributed by atoms with Gasteiger partial charge in [0.25, 0.3) is 0 Å². The van der Waals surface area contributed by atoms with Gasteiger partial charge in [0.2, 0.25) is 11.8 Å². The minimum atomic E-state index is -1.14. The van der Waals surface area contributed by atoms with E-state index < -0.39 is 5.41 Å². The van der Waals surface area contributed by atoms with Crippen molar-refractivity contribution >= 4 is 29.1 Å². The number of nitrogens with one attached hydrogen (secondary N) is 2. The molecule has 0 aliphatic rings. The molecule has 122 valence electrons. The van der Waals surface area contributed by atoms with Gasteiger partial charge in [-0.15, -0.1) is 0 Å². The maximum atomic E-state index is 12.3. The number of nitrogens with zero attached hydrogens (tertiary/aromatic N) is 1. The van der Waals surface area contributed by atoms with E-state index in [0.29, 0.717) is 17.3 Å². The molecule has 0 heterocycles. The highest BCUT2D eigenvalue weighted by atomic mass is 35.5. The molecule has 0 fully saturated rings. The van der Waals surface area contributed by atoms with Crippen LogP contribution in [0.3, 0.4) is 0 Å². The Kier molecular flexibility index (Phi) is 6.84. The standard InChI is InChI=1S/C16H24ClN3O2/c1-16(2,14(21)18-10-5-11-20(3)4)15(22)19-13-8-6-12(17)7-9-13/h6-9H,5,10-11H2,1-4H3,(H,18,21)(H,19,22). The number of amides is 2. The van der Waals surface area contributed by atoms with Gasteiger partial charge in [-0.1, -0.05) is 11.6 Å². The van der Waals surface area contributed by atoms with E-state index in [9.17, 15) is 9.59 Å². The van der Waals surface area contributed by atoms with Crippen molar-refractivity contribution in [2.24, 2.45) is 5.41 Å². The Hall–Kier alpha value is -1.59. The number of rotatable bonds is 7. The van der Waals surface area contributed by atoms with Crippen molar-refractivity contribution in [3.05, 3.63) is 29.3 Å². The average molecular weight is 326 g/mol. The van der Waals surface area contributed by atoms with E-state index in [4.69, 9.17) is 11.6 Å². The Morgan fingerprint density at radius 2 is 1.73 bits per heavy atom. The van der Waals surface area contributed by atoms with Gasteiger partial charge in [-0.25, -0.2) is 0 Å². The van der Waals surface area contributed by atoms with Crippen LogP contribution in [-0.2, 0) is 9.59 Å². The zero-order chi connectivity index (χ0) is 16.8. The van der Waals surface area contributed by atoms with Crippen molar-refractivity contribution in [1.29, 1.82) is 0 Å². The van der Waals surface area contributed by atoms with Crippen LogP contribution in [-0.4, -0.2) is 43.9 Å². The second-order valence-corrected chi connectivity index (χ2v) is 6.44. The lowest BCUT2D eigenvalue weighted by Gasteiger charge is -2.23. The summed E-state index contributed by atoms with van der Waals surface area (Å²) in [4.78, 5) is 26.5. The van der Waals surface area contributed by atoms with Crippen molar-refractivity contribution < 1.29 is 9.59 Å². The average Bonchev–Trinajstić information content (AvgIpc) is 2.45. The van der Waals surface area contributed by atoms with E-state index in [-0.39, 0.29) is 11.8 Å². The van der Waals surface area contributed by atoms with Gasteiger partial charge in [-0.2, -0.15) is 0 Å². The van der Waals surface area contributed by atoms with Gasteiger partial charge < -0.3 is 15.5 Å². The van der Waals surface area contributed by atoms with Gasteiger partial charge in [-0.3, -0.25) is 9.59 Å². The Labute approximate surface area is 137 Å². The highest BCUT2D eigenvalue weighted by Gasteiger charge is 2.35. The number of halogens is 1. The zero-order valence-corrected chi connectivity index (χ0v) is 14.3. The predicted octanol–water partition coefficient (Wildman–Crippen LogP) is 2.37. The molecule has 0 saturated heterocycles. The van der Waals surface area contributed by atoms with Crippen molar-refractivity contribution in [3.8, 4) is 0 Å². The smallest absolute Gasteiger partial charge is 0.239 e. The molecule has 2 N–H and O–H groups in total. The number of carbonyl (C=O) groups excluding carboxylic acids is 2. The van der Waals surface area contributed by atoms with Gasteiger partial charge >= 0.3 is 0 Å². The lowest BCUT2D eigenvalue weighted by molar-refractivity contribution is -0.138. The monoisotopic (exact) mass is 325 g/mol. The van der Waals surface area contributed by atoms with Crippen molar-refractivity contribution in [3.63, 3.8) is 0 Å². The fourth-order valence-corrected chi connectivity index (χ4v) is 1.87. The van der Waals surface area contributed by atoms with Gasteiger partial charge in [0.15, 0.2) is 0 Å². The Morgan fingerprint density at radius 3 is 2.27 bits per heavy atom. The first-order valence-corrected chi connectivity index (χ1v) is 7.61. The van der Waals surface area contributed by atoms with Gasteiger partial charge in [0, 0.05) is 17.3 Å². The van der Waals surface area contributed by atoms with E-state index in [2.05, 4.69) is 10.6 Å². The maximum absolute atomic E-state index is 12.3. The first kappa shape index (κ1) is 18.5. The summed E-state index contributed by atoms with van der Waals surface area (Å²) in [7, 11) is 3.96. The Bertz CT molecular complexity index is 513. The van der Waals surface area contributed by atoms with Crippen LogP contribution < -0.4 is 10.6 Å². The topological polar surface area (TPSA) is 61.4 Å².